The summed E-state index contributed by atoms with van der Waals surface area (Å²) >= 11 is 6.19. The Morgan fingerprint density at radius 3 is 2.46 bits per heavy atom. The third kappa shape index (κ3) is 5.64. The summed E-state index contributed by atoms with van der Waals surface area (Å²) in [7, 11) is 0.0622. The normalized spacial score (nSPS) is 10.9. The maximum Gasteiger partial charge on any atom is 0.187 e. The summed E-state index contributed by atoms with van der Waals surface area (Å²) < 4.78 is 5.73. The van der Waals surface area contributed by atoms with Crippen molar-refractivity contribution in [2.75, 3.05) is 6.61 Å². The fourth-order valence-corrected chi connectivity index (χ4v) is 3.76. The molecular formula is C19H22ClLiO2P. The molecule has 2 rings (SSSR count). The Kier molecular flexibility index (Phi) is 8.55. The molecule has 0 aliphatic carbocycles. The van der Waals surface area contributed by atoms with Gasteiger partial charge >= 0.3 is 0 Å². The van der Waals surface area contributed by atoms with Crippen LogP contribution in [0.2, 0.25) is 5.02 Å². The zero-order valence-electron chi connectivity index (χ0n) is 14.9. The Labute approximate surface area is 163 Å². The van der Waals surface area contributed by atoms with Gasteiger partial charge in [0.15, 0.2) is 5.52 Å². The van der Waals surface area contributed by atoms with E-state index in [0.717, 1.165) is 22.2 Å². The molecule has 2 nitrogen and oxygen atoms in total. The van der Waals surface area contributed by atoms with Crippen LogP contribution in [0.3, 0.4) is 0 Å². The predicted octanol–water partition coefficient (Wildman–Crippen LogP) is 4.76. The van der Waals surface area contributed by atoms with Gasteiger partial charge in [-0.25, -0.2) is 0 Å². The maximum atomic E-state index is 12.6. The number of halogens is 1. The first-order valence-electron chi connectivity index (χ1n) is 7.68. The van der Waals surface area contributed by atoms with Crippen molar-refractivity contribution >= 4 is 49.9 Å². The van der Waals surface area contributed by atoms with Crippen LogP contribution in [0.25, 0.3) is 0 Å². The summed E-state index contributed by atoms with van der Waals surface area (Å²) in [5.41, 5.74) is 2.70. The molecule has 0 heterocycles. The number of hydrogen-bond donors (Lipinski definition) is 0. The SMILES string of the molecule is Cc1cc(OCC(C)C)ccc1PC(=O)c1c(C)cccc1Cl.[Li]. The summed E-state index contributed by atoms with van der Waals surface area (Å²) in [4.78, 5) is 12.6. The quantitative estimate of drug-likeness (QED) is 0.552. The van der Waals surface area contributed by atoms with Gasteiger partial charge in [0, 0.05) is 24.4 Å². The maximum absolute atomic E-state index is 12.6. The largest absolute Gasteiger partial charge is 0.493 e. The van der Waals surface area contributed by atoms with Gasteiger partial charge in [-0.1, -0.05) is 43.6 Å². The summed E-state index contributed by atoms with van der Waals surface area (Å²) in [6, 6.07) is 11.5. The van der Waals surface area contributed by atoms with Gasteiger partial charge < -0.3 is 4.74 Å². The standard InChI is InChI=1S/C19H22ClO2P.Li/c1-12(2)11-22-15-8-9-17(14(4)10-15)23-19(21)18-13(3)6-5-7-16(18)20;/h5-10,12,23H,11H2,1-4H3;. The summed E-state index contributed by atoms with van der Waals surface area (Å²) in [5.74, 6) is 1.34. The molecule has 24 heavy (non-hydrogen) atoms. The van der Waals surface area contributed by atoms with Gasteiger partial charge in [-0.15, -0.1) is 0 Å². The van der Waals surface area contributed by atoms with E-state index in [0.29, 0.717) is 23.1 Å². The van der Waals surface area contributed by atoms with Crippen molar-refractivity contribution in [1.82, 2.24) is 0 Å². The van der Waals surface area contributed by atoms with Crippen molar-refractivity contribution < 1.29 is 9.53 Å². The van der Waals surface area contributed by atoms with E-state index < -0.39 is 0 Å². The second-order valence-electron chi connectivity index (χ2n) is 6.07. The van der Waals surface area contributed by atoms with Crippen LogP contribution in [-0.2, 0) is 0 Å². The third-order valence-corrected chi connectivity index (χ3v) is 5.10. The van der Waals surface area contributed by atoms with E-state index in [1.807, 2.05) is 44.2 Å². The molecule has 2 aromatic carbocycles. The van der Waals surface area contributed by atoms with Crippen LogP contribution in [0.1, 0.15) is 35.3 Å². The van der Waals surface area contributed by atoms with Crippen LogP contribution in [0.15, 0.2) is 36.4 Å². The molecule has 0 saturated carbocycles. The van der Waals surface area contributed by atoms with Crippen molar-refractivity contribution in [2.24, 2.45) is 5.92 Å². The van der Waals surface area contributed by atoms with Crippen molar-refractivity contribution in [1.29, 1.82) is 0 Å². The smallest absolute Gasteiger partial charge is 0.187 e. The van der Waals surface area contributed by atoms with Gasteiger partial charge in [-0.2, -0.15) is 0 Å². The van der Waals surface area contributed by atoms with E-state index in [-0.39, 0.29) is 33.0 Å². The van der Waals surface area contributed by atoms with Crippen LogP contribution >= 0.6 is 20.2 Å². The Hall–Kier alpha value is -0.773. The van der Waals surface area contributed by atoms with Gasteiger partial charge in [0.1, 0.15) is 5.75 Å². The van der Waals surface area contributed by atoms with Crippen molar-refractivity contribution in [3.63, 3.8) is 0 Å². The molecule has 0 bridgehead atoms. The number of ether oxygens (including phenoxy) is 1. The Morgan fingerprint density at radius 1 is 1.17 bits per heavy atom. The number of hydrogen-bond acceptors (Lipinski definition) is 2. The molecular weight excluding hydrogens is 334 g/mol. The van der Waals surface area contributed by atoms with Crippen LogP contribution in [0.5, 0.6) is 5.75 Å². The average molecular weight is 356 g/mol. The van der Waals surface area contributed by atoms with Crippen LogP contribution < -0.4 is 10.0 Å². The second-order valence-corrected chi connectivity index (χ2v) is 7.72. The second kappa shape index (κ2) is 9.64. The molecule has 0 saturated heterocycles. The third-order valence-electron chi connectivity index (χ3n) is 3.48. The zero-order chi connectivity index (χ0) is 17.0. The van der Waals surface area contributed by atoms with Crippen molar-refractivity contribution in [2.45, 2.75) is 27.7 Å². The van der Waals surface area contributed by atoms with Crippen LogP contribution in [0.4, 0.5) is 0 Å². The summed E-state index contributed by atoms with van der Waals surface area (Å²) in [5, 5.41) is 1.56. The van der Waals surface area contributed by atoms with E-state index in [1.54, 1.807) is 6.07 Å². The number of rotatable bonds is 6. The van der Waals surface area contributed by atoms with Crippen LogP contribution in [-0.4, -0.2) is 31.0 Å². The molecule has 0 amide bonds. The molecule has 0 fully saturated rings. The molecule has 1 radical (unpaired) electrons. The molecule has 1 atom stereocenters. The van der Waals surface area contributed by atoms with Crippen LogP contribution in [0, 0.1) is 19.8 Å². The average Bonchev–Trinajstić information content (AvgIpc) is 2.47. The molecule has 1 unspecified atom stereocenters. The summed E-state index contributed by atoms with van der Waals surface area (Å²) in [6.07, 6.45) is 0. The molecule has 0 aromatic heterocycles. The fourth-order valence-electron chi connectivity index (χ4n) is 2.23. The van der Waals surface area contributed by atoms with Gasteiger partial charge in [-0.3, -0.25) is 4.79 Å². The van der Waals surface area contributed by atoms with Gasteiger partial charge in [-0.05, 0) is 63.0 Å². The number of aryl methyl sites for hydroxylation is 2. The minimum absolute atomic E-state index is 0. The number of carbonyl (C=O) groups excluding carboxylic acids is 1. The molecule has 123 valence electrons. The van der Waals surface area contributed by atoms with Crippen molar-refractivity contribution in [3.8, 4) is 5.75 Å². The Bertz CT molecular complexity index is 696. The molecule has 0 spiro atoms. The molecule has 5 heteroatoms. The minimum atomic E-state index is 0. The number of benzene rings is 2. The first-order valence-corrected chi connectivity index (χ1v) is 9.06. The van der Waals surface area contributed by atoms with Gasteiger partial charge in [0.25, 0.3) is 0 Å². The minimum Gasteiger partial charge on any atom is -0.493 e. The zero-order valence-corrected chi connectivity index (χ0v) is 16.7. The van der Waals surface area contributed by atoms with E-state index in [4.69, 9.17) is 16.3 Å². The van der Waals surface area contributed by atoms with E-state index in [1.165, 1.54) is 0 Å². The van der Waals surface area contributed by atoms with Crippen molar-refractivity contribution in [3.05, 3.63) is 58.1 Å². The van der Waals surface area contributed by atoms with E-state index in [2.05, 4.69) is 13.8 Å². The summed E-state index contributed by atoms with van der Waals surface area (Å²) in [6.45, 7) is 8.86. The molecule has 2 aromatic rings. The molecule has 0 aliphatic rings. The van der Waals surface area contributed by atoms with E-state index >= 15 is 0 Å². The Balaban J connectivity index is 0.00000288. The monoisotopic (exact) mass is 355 g/mol. The first-order chi connectivity index (χ1) is 10.9. The Morgan fingerprint density at radius 2 is 1.88 bits per heavy atom. The van der Waals surface area contributed by atoms with Gasteiger partial charge in [0.2, 0.25) is 0 Å². The topological polar surface area (TPSA) is 26.3 Å². The first kappa shape index (κ1) is 21.3. The molecule has 0 aliphatic heterocycles. The van der Waals surface area contributed by atoms with E-state index in [9.17, 15) is 4.79 Å². The van der Waals surface area contributed by atoms with Gasteiger partial charge in [0.05, 0.1) is 11.6 Å². The predicted molar refractivity (Wildman–Crippen MR) is 106 cm³/mol. The number of carbonyl (C=O) groups is 1. The molecule has 0 N–H and O–H groups in total. The fraction of sp³-hybridized carbons (Fsp3) is 0.316.